The summed E-state index contributed by atoms with van der Waals surface area (Å²) < 4.78 is 1.75. The third kappa shape index (κ3) is 3.82. The molecule has 3 rings (SSSR count). The minimum Gasteiger partial charge on any atom is -0.334 e. The van der Waals surface area contributed by atoms with Gasteiger partial charge in [-0.05, 0) is 32.4 Å². The van der Waals surface area contributed by atoms with Crippen LogP contribution in [0.15, 0.2) is 12.3 Å². The number of pyridine rings is 1. The molecule has 0 saturated carbocycles. The van der Waals surface area contributed by atoms with E-state index in [9.17, 15) is 4.79 Å². The molecule has 1 fully saturated rings. The van der Waals surface area contributed by atoms with Crippen molar-refractivity contribution in [1.82, 2.24) is 25.0 Å². The topological polar surface area (TPSA) is 63.1 Å². The Bertz CT molecular complexity index is 697. The molecule has 1 saturated heterocycles. The molecule has 24 heavy (non-hydrogen) atoms. The Hall–Kier alpha value is -1.37. The van der Waals surface area contributed by atoms with E-state index in [1.54, 1.807) is 10.9 Å². The second-order valence-electron chi connectivity index (χ2n) is 5.95. The van der Waals surface area contributed by atoms with Gasteiger partial charge in [-0.25, -0.2) is 4.98 Å². The summed E-state index contributed by atoms with van der Waals surface area (Å²) in [4.78, 5) is 19.3. The fraction of sp³-hybridized carbons (Fsp3) is 0.562. The Morgan fingerprint density at radius 2 is 2.21 bits per heavy atom. The van der Waals surface area contributed by atoms with Gasteiger partial charge in [0.1, 0.15) is 0 Å². The maximum absolute atomic E-state index is 12.9. The summed E-state index contributed by atoms with van der Waals surface area (Å²) >= 11 is 0. The van der Waals surface area contributed by atoms with Gasteiger partial charge in [-0.3, -0.25) is 9.48 Å². The summed E-state index contributed by atoms with van der Waals surface area (Å²) in [5.41, 5.74) is 2.38. The van der Waals surface area contributed by atoms with Gasteiger partial charge in [-0.1, -0.05) is 6.92 Å². The second-order valence-corrected chi connectivity index (χ2v) is 5.95. The molecule has 1 unspecified atom stereocenters. The quantitative estimate of drug-likeness (QED) is 0.892. The van der Waals surface area contributed by atoms with E-state index in [1.807, 2.05) is 24.9 Å². The van der Waals surface area contributed by atoms with E-state index in [2.05, 4.69) is 22.3 Å². The molecule has 1 amide bonds. The van der Waals surface area contributed by atoms with Gasteiger partial charge in [0.2, 0.25) is 0 Å². The number of fused-ring (bicyclic) bond motifs is 1. The van der Waals surface area contributed by atoms with Crippen molar-refractivity contribution in [3.63, 3.8) is 0 Å². The molecule has 2 aromatic heterocycles. The lowest BCUT2D eigenvalue weighted by atomic mass is 10.1. The number of amides is 1. The number of nitrogens with zero attached hydrogens (tertiary/aromatic N) is 4. The minimum absolute atomic E-state index is 0. The van der Waals surface area contributed by atoms with Crippen molar-refractivity contribution in [1.29, 1.82) is 0 Å². The van der Waals surface area contributed by atoms with Gasteiger partial charge >= 0.3 is 0 Å². The van der Waals surface area contributed by atoms with Crippen LogP contribution in [0, 0.1) is 6.92 Å². The zero-order valence-corrected chi connectivity index (χ0v) is 15.9. The molecule has 1 aliphatic rings. The van der Waals surface area contributed by atoms with Gasteiger partial charge in [0.25, 0.3) is 5.91 Å². The molecule has 0 bridgehead atoms. The van der Waals surface area contributed by atoms with Gasteiger partial charge in [0.05, 0.1) is 11.3 Å². The summed E-state index contributed by atoms with van der Waals surface area (Å²) in [6, 6.07) is 2.22. The number of halogens is 2. The van der Waals surface area contributed by atoms with Crippen molar-refractivity contribution >= 4 is 41.8 Å². The molecule has 0 aromatic carbocycles. The third-order valence-electron chi connectivity index (χ3n) is 4.31. The van der Waals surface area contributed by atoms with Crippen LogP contribution in [0.4, 0.5) is 0 Å². The molecule has 1 aliphatic heterocycles. The maximum Gasteiger partial charge on any atom is 0.255 e. The molecular weight excluding hydrogens is 349 g/mol. The van der Waals surface area contributed by atoms with Crippen LogP contribution in [0.2, 0.25) is 0 Å². The smallest absolute Gasteiger partial charge is 0.255 e. The molecule has 0 radical (unpaired) electrons. The van der Waals surface area contributed by atoms with E-state index in [0.29, 0.717) is 5.56 Å². The van der Waals surface area contributed by atoms with Crippen molar-refractivity contribution in [3.8, 4) is 0 Å². The molecule has 2 aromatic rings. The highest BCUT2D eigenvalue weighted by Crippen LogP contribution is 2.19. The molecule has 8 heteroatoms. The van der Waals surface area contributed by atoms with E-state index in [0.717, 1.165) is 49.2 Å². The Balaban J connectivity index is 0.00000144. The van der Waals surface area contributed by atoms with Crippen LogP contribution in [-0.4, -0.2) is 51.2 Å². The number of carbonyl (C=O) groups is 1. The van der Waals surface area contributed by atoms with Crippen molar-refractivity contribution < 1.29 is 4.79 Å². The largest absolute Gasteiger partial charge is 0.334 e. The van der Waals surface area contributed by atoms with Gasteiger partial charge in [-0.2, -0.15) is 5.10 Å². The molecular formula is C16H25Cl2N5O. The minimum atomic E-state index is 0. The maximum atomic E-state index is 12.9. The van der Waals surface area contributed by atoms with Crippen molar-refractivity contribution in [2.75, 3.05) is 19.6 Å². The van der Waals surface area contributed by atoms with Gasteiger partial charge < -0.3 is 10.2 Å². The number of aryl methyl sites for hydroxylation is 2. The van der Waals surface area contributed by atoms with Crippen molar-refractivity contribution in [2.24, 2.45) is 7.05 Å². The Morgan fingerprint density at radius 1 is 1.46 bits per heavy atom. The van der Waals surface area contributed by atoms with E-state index in [-0.39, 0.29) is 36.8 Å². The molecule has 1 atom stereocenters. The summed E-state index contributed by atoms with van der Waals surface area (Å²) in [7, 11) is 1.87. The molecule has 6 nitrogen and oxygen atoms in total. The lowest BCUT2D eigenvalue weighted by molar-refractivity contribution is 0.0692. The predicted molar refractivity (Wildman–Crippen MR) is 100 cm³/mol. The van der Waals surface area contributed by atoms with Crippen LogP contribution in [-0.2, 0) is 7.05 Å². The Kier molecular flexibility index (Phi) is 7.45. The predicted octanol–water partition coefficient (Wildman–Crippen LogP) is 2.33. The second kappa shape index (κ2) is 8.65. The van der Waals surface area contributed by atoms with Gasteiger partial charge in [0, 0.05) is 37.8 Å². The number of nitrogens with one attached hydrogen (secondary N) is 1. The molecule has 0 aliphatic carbocycles. The fourth-order valence-electron chi connectivity index (χ4n) is 3.19. The van der Waals surface area contributed by atoms with Crippen LogP contribution in [0.1, 0.15) is 35.8 Å². The van der Waals surface area contributed by atoms with Crippen molar-refractivity contribution in [3.05, 3.63) is 23.5 Å². The van der Waals surface area contributed by atoms with Crippen LogP contribution in [0.25, 0.3) is 11.0 Å². The normalized spacial score (nSPS) is 16.5. The number of carbonyl (C=O) groups excluding carboxylic acids is 1. The highest BCUT2D eigenvalue weighted by atomic mass is 35.5. The monoisotopic (exact) mass is 373 g/mol. The average molecular weight is 374 g/mol. The summed E-state index contributed by atoms with van der Waals surface area (Å²) in [6.07, 6.45) is 3.66. The molecule has 3 heterocycles. The van der Waals surface area contributed by atoms with Crippen LogP contribution in [0.3, 0.4) is 0 Å². The lowest BCUT2D eigenvalue weighted by Gasteiger charge is -2.28. The van der Waals surface area contributed by atoms with Crippen LogP contribution in [0.5, 0.6) is 0 Å². The number of rotatable bonds is 4. The number of hydrogen-bond acceptors (Lipinski definition) is 4. The van der Waals surface area contributed by atoms with Crippen molar-refractivity contribution in [2.45, 2.75) is 32.7 Å². The number of aromatic nitrogens is 3. The molecule has 1 N–H and O–H groups in total. The first-order valence-corrected chi connectivity index (χ1v) is 7.93. The third-order valence-corrected chi connectivity index (χ3v) is 4.31. The zero-order chi connectivity index (χ0) is 15.7. The summed E-state index contributed by atoms with van der Waals surface area (Å²) in [6.45, 7) is 6.71. The Morgan fingerprint density at radius 3 is 2.83 bits per heavy atom. The van der Waals surface area contributed by atoms with Gasteiger partial charge in [-0.15, -0.1) is 24.8 Å². The van der Waals surface area contributed by atoms with E-state index < -0.39 is 0 Å². The molecule has 0 spiro atoms. The standard InChI is InChI=1S/C16H23N5O.2ClH/c1-4-7-21(13-5-6-17-10-13)16(22)12-8-14-11(2)19-20(3)15(14)18-9-12;;/h8-9,13,17H,4-7,10H2,1-3H3;2*1H. The first-order valence-electron chi connectivity index (χ1n) is 7.93. The van der Waals surface area contributed by atoms with Crippen LogP contribution < -0.4 is 5.32 Å². The highest BCUT2D eigenvalue weighted by Gasteiger charge is 2.27. The van der Waals surface area contributed by atoms with E-state index >= 15 is 0 Å². The SMILES string of the molecule is CCCN(C(=O)c1cnc2c(c1)c(C)nn2C)C1CCNC1.Cl.Cl. The van der Waals surface area contributed by atoms with E-state index in [1.165, 1.54) is 0 Å². The van der Waals surface area contributed by atoms with Gasteiger partial charge in [0.15, 0.2) is 5.65 Å². The first kappa shape index (κ1) is 20.7. The Labute approximate surface area is 154 Å². The lowest BCUT2D eigenvalue weighted by Crippen LogP contribution is -2.42. The van der Waals surface area contributed by atoms with E-state index in [4.69, 9.17) is 0 Å². The highest BCUT2D eigenvalue weighted by molar-refractivity contribution is 5.97. The summed E-state index contributed by atoms with van der Waals surface area (Å²) in [5.74, 6) is 0.0770. The molecule has 134 valence electrons. The number of hydrogen-bond donors (Lipinski definition) is 1. The zero-order valence-electron chi connectivity index (χ0n) is 14.3. The summed E-state index contributed by atoms with van der Waals surface area (Å²) in [5, 5.41) is 8.66. The van der Waals surface area contributed by atoms with Crippen LogP contribution >= 0.6 is 24.8 Å². The fourth-order valence-corrected chi connectivity index (χ4v) is 3.19. The average Bonchev–Trinajstić information content (AvgIpc) is 3.13. The first-order chi connectivity index (χ1) is 10.6.